The summed E-state index contributed by atoms with van der Waals surface area (Å²) in [4.78, 5) is 5.31. The van der Waals surface area contributed by atoms with E-state index in [0.29, 0.717) is 6.04 Å². The number of nitrogens with zero attached hydrogens (tertiary/aromatic N) is 2. The third-order valence-electron chi connectivity index (χ3n) is 4.13. The first-order chi connectivity index (χ1) is 8.20. The highest BCUT2D eigenvalue weighted by atomic mass is 15.4. The highest BCUT2D eigenvalue weighted by Crippen LogP contribution is 2.21. The van der Waals surface area contributed by atoms with Crippen LogP contribution < -0.4 is 5.32 Å². The minimum atomic E-state index is 0.639. The van der Waals surface area contributed by atoms with Gasteiger partial charge in [-0.2, -0.15) is 0 Å². The Morgan fingerprint density at radius 1 is 1.35 bits per heavy atom. The van der Waals surface area contributed by atoms with Crippen LogP contribution in [0.15, 0.2) is 12.2 Å². The summed E-state index contributed by atoms with van der Waals surface area (Å²) < 4.78 is 0. The van der Waals surface area contributed by atoms with Gasteiger partial charge in [0.15, 0.2) is 0 Å². The third kappa shape index (κ3) is 3.30. The number of allylic oxidation sites excluding steroid dienone is 1. The number of hydrogen-bond acceptors (Lipinski definition) is 3. The van der Waals surface area contributed by atoms with Crippen molar-refractivity contribution in [2.75, 3.05) is 39.3 Å². The monoisotopic (exact) mass is 237 g/mol. The normalized spacial score (nSPS) is 33.6. The molecular weight excluding hydrogens is 210 g/mol. The van der Waals surface area contributed by atoms with Crippen LogP contribution >= 0.6 is 0 Å². The van der Waals surface area contributed by atoms with Gasteiger partial charge in [0.25, 0.3) is 0 Å². The molecule has 17 heavy (non-hydrogen) atoms. The first-order valence-electron chi connectivity index (χ1n) is 7.05. The highest BCUT2D eigenvalue weighted by Gasteiger charge is 2.35. The van der Waals surface area contributed by atoms with Gasteiger partial charge in [-0.1, -0.05) is 12.5 Å². The number of hydrogen-bond donors (Lipinski definition) is 1. The number of nitrogens with one attached hydrogen (secondary N) is 1. The zero-order valence-corrected chi connectivity index (χ0v) is 11.4. The van der Waals surface area contributed by atoms with E-state index in [0.717, 1.165) is 19.0 Å². The van der Waals surface area contributed by atoms with Gasteiger partial charge >= 0.3 is 0 Å². The van der Waals surface area contributed by atoms with Gasteiger partial charge in [-0.15, -0.1) is 6.58 Å². The Bertz CT molecular complexity index is 256. The standard InChI is InChI=1S/C14H27N3/c1-4-15-13(6-5-12(2)3)14-11-16-7-9-17(14)10-8-16/h13-15H,2,4-11H2,1,3H3. The highest BCUT2D eigenvalue weighted by molar-refractivity contribution is 4.97. The molecule has 3 heteroatoms. The van der Waals surface area contributed by atoms with Crippen molar-refractivity contribution in [2.45, 2.75) is 38.8 Å². The smallest absolute Gasteiger partial charge is 0.0377 e. The van der Waals surface area contributed by atoms with Crippen molar-refractivity contribution in [2.24, 2.45) is 0 Å². The van der Waals surface area contributed by atoms with Crippen LogP contribution in [0.25, 0.3) is 0 Å². The maximum Gasteiger partial charge on any atom is 0.0377 e. The average molecular weight is 237 g/mol. The molecule has 0 radical (unpaired) electrons. The van der Waals surface area contributed by atoms with Crippen molar-refractivity contribution < 1.29 is 0 Å². The van der Waals surface area contributed by atoms with Crippen LogP contribution in [0, 0.1) is 0 Å². The Labute approximate surface area is 106 Å². The molecule has 0 aliphatic carbocycles. The maximum atomic E-state index is 4.03. The van der Waals surface area contributed by atoms with Crippen molar-refractivity contribution in [3.05, 3.63) is 12.2 Å². The fourth-order valence-corrected chi connectivity index (χ4v) is 3.13. The van der Waals surface area contributed by atoms with E-state index in [1.54, 1.807) is 0 Å². The van der Waals surface area contributed by atoms with E-state index in [9.17, 15) is 0 Å². The van der Waals surface area contributed by atoms with Crippen LogP contribution in [0.5, 0.6) is 0 Å². The number of likely N-dealkylation sites (N-methyl/N-ethyl adjacent to an activating group) is 1. The van der Waals surface area contributed by atoms with Gasteiger partial charge in [-0.05, 0) is 26.3 Å². The van der Waals surface area contributed by atoms with Crippen molar-refractivity contribution in [3.63, 3.8) is 0 Å². The number of rotatable bonds is 6. The van der Waals surface area contributed by atoms with E-state index < -0.39 is 0 Å². The second kappa shape index (κ2) is 5.98. The third-order valence-corrected chi connectivity index (χ3v) is 4.13. The summed E-state index contributed by atoms with van der Waals surface area (Å²) in [5.41, 5.74) is 1.31. The molecule has 3 rings (SSSR count). The van der Waals surface area contributed by atoms with E-state index in [1.807, 2.05) is 0 Å². The van der Waals surface area contributed by atoms with Gasteiger partial charge in [-0.3, -0.25) is 9.80 Å². The van der Waals surface area contributed by atoms with Crippen LogP contribution in [0.3, 0.4) is 0 Å². The Morgan fingerprint density at radius 2 is 2.06 bits per heavy atom. The lowest BCUT2D eigenvalue weighted by Crippen LogP contribution is -2.66. The van der Waals surface area contributed by atoms with Gasteiger partial charge < -0.3 is 5.32 Å². The summed E-state index contributed by atoms with van der Waals surface area (Å²) in [5, 5.41) is 3.68. The predicted octanol–water partition coefficient (Wildman–Crippen LogP) is 1.32. The Hall–Kier alpha value is -0.380. The minimum Gasteiger partial charge on any atom is -0.313 e. The van der Waals surface area contributed by atoms with E-state index in [4.69, 9.17) is 0 Å². The minimum absolute atomic E-state index is 0.639. The Morgan fingerprint density at radius 3 is 2.53 bits per heavy atom. The largest absolute Gasteiger partial charge is 0.313 e. The molecule has 2 atom stereocenters. The molecular formula is C14H27N3. The summed E-state index contributed by atoms with van der Waals surface area (Å²) >= 11 is 0. The first-order valence-corrected chi connectivity index (χ1v) is 7.05. The summed E-state index contributed by atoms with van der Waals surface area (Å²) in [5.74, 6) is 0. The fraction of sp³-hybridized carbons (Fsp3) is 0.857. The lowest BCUT2D eigenvalue weighted by Gasteiger charge is -2.50. The second-order valence-electron chi connectivity index (χ2n) is 5.56. The van der Waals surface area contributed by atoms with Crippen LogP contribution in [0.4, 0.5) is 0 Å². The van der Waals surface area contributed by atoms with E-state index in [2.05, 4.69) is 35.5 Å². The van der Waals surface area contributed by atoms with Gasteiger partial charge in [0, 0.05) is 44.8 Å². The van der Waals surface area contributed by atoms with E-state index in [-0.39, 0.29) is 0 Å². The molecule has 3 saturated heterocycles. The Balaban J connectivity index is 1.92. The number of piperazine rings is 3. The van der Waals surface area contributed by atoms with Gasteiger partial charge in [0.05, 0.1) is 0 Å². The van der Waals surface area contributed by atoms with Gasteiger partial charge in [0.2, 0.25) is 0 Å². The molecule has 3 aliphatic heterocycles. The summed E-state index contributed by atoms with van der Waals surface area (Å²) in [6, 6.07) is 1.36. The molecule has 98 valence electrons. The predicted molar refractivity (Wildman–Crippen MR) is 73.3 cm³/mol. The molecule has 0 aromatic rings. The molecule has 3 nitrogen and oxygen atoms in total. The lowest BCUT2D eigenvalue weighted by molar-refractivity contribution is -0.00415. The van der Waals surface area contributed by atoms with Gasteiger partial charge in [0.1, 0.15) is 0 Å². The molecule has 3 fully saturated rings. The molecule has 3 heterocycles. The molecule has 0 spiro atoms. The zero-order valence-electron chi connectivity index (χ0n) is 11.4. The van der Waals surface area contributed by atoms with Crippen LogP contribution in [0.2, 0.25) is 0 Å². The molecule has 2 unspecified atom stereocenters. The molecule has 1 N–H and O–H groups in total. The molecule has 0 saturated carbocycles. The van der Waals surface area contributed by atoms with E-state index in [1.165, 1.54) is 44.7 Å². The zero-order chi connectivity index (χ0) is 12.3. The van der Waals surface area contributed by atoms with Crippen LogP contribution in [0.1, 0.15) is 26.7 Å². The molecule has 0 aromatic carbocycles. The fourth-order valence-electron chi connectivity index (χ4n) is 3.13. The summed E-state index contributed by atoms with van der Waals surface area (Å²) in [6.45, 7) is 15.8. The molecule has 0 aromatic heterocycles. The van der Waals surface area contributed by atoms with Gasteiger partial charge in [-0.25, -0.2) is 0 Å². The molecule has 3 aliphatic rings. The van der Waals surface area contributed by atoms with Crippen LogP contribution in [-0.4, -0.2) is 61.2 Å². The van der Waals surface area contributed by atoms with Crippen molar-refractivity contribution >= 4 is 0 Å². The van der Waals surface area contributed by atoms with E-state index >= 15 is 0 Å². The van der Waals surface area contributed by atoms with Crippen molar-refractivity contribution in [3.8, 4) is 0 Å². The SMILES string of the molecule is C=C(C)CCC(NCC)C1CN2CCN1CC2. The first kappa shape index (κ1) is 13.1. The van der Waals surface area contributed by atoms with Crippen LogP contribution in [-0.2, 0) is 0 Å². The second-order valence-corrected chi connectivity index (χ2v) is 5.56. The molecule has 2 bridgehead atoms. The molecule has 0 amide bonds. The Kier molecular flexibility index (Phi) is 4.60. The average Bonchev–Trinajstić information content (AvgIpc) is 2.35. The lowest BCUT2D eigenvalue weighted by atomic mass is 9.95. The number of fused-ring (bicyclic) bond motifs is 3. The summed E-state index contributed by atoms with van der Waals surface area (Å²) in [7, 11) is 0. The van der Waals surface area contributed by atoms with Crippen molar-refractivity contribution in [1.29, 1.82) is 0 Å². The summed E-state index contributed by atoms with van der Waals surface area (Å²) in [6.07, 6.45) is 2.39. The topological polar surface area (TPSA) is 18.5 Å². The maximum absolute atomic E-state index is 4.03. The van der Waals surface area contributed by atoms with Crippen molar-refractivity contribution in [1.82, 2.24) is 15.1 Å². The quantitative estimate of drug-likeness (QED) is 0.703.